The molecule has 26 heavy (non-hydrogen) atoms. The number of imidazole rings is 1. The zero-order valence-electron chi connectivity index (χ0n) is 14.5. The van der Waals surface area contributed by atoms with Gasteiger partial charge in [-0.15, -0.1) is 0 Å². The SMILES string of the molecule is CN(Cc1nccn1Cc1ccccc1)c1nc(-c2ccccc2)ns1. The van der Waals surface area contributed by atoms with Gasteiger partial charge in [0.2, 0.25) is 5.13 Å². The lowest BCUT2D eigenvalue weighted by atomic mass is 10.2. The third-order valence-corrected chi connectivity index (χ3v) is 4.98. The van der Waals surface area contributed by atoms with Crippen molar-refractivity contribution in [3.63, 3.8) is 0 Å². The molecule has 4 aromatic rings. The Hall–Kier alpha value is -2.99. The molecule has 2 aromatic heterocycles. The smallest absolute Gasteiger partial charge is 0.205 e. The molecule has 0 atom stereocenters. The van der Waals surface area contributed by atoms with Gasteiger partial charge in [-0.2, -0.15) is 9.36 Å². The van der Waals surface area contributed by atoms with Crippen LogP contribution in [0.25, 0.3) is 11.4 Å². The Morgan fingerprint density at radius 3 is 2.50 bits per heavy atom. The molecule has 0 aliphatic heterocycles. The molecule has 5 nitrogen and oxygen atoms in total. The molecule has 4 rings (SSSR count). The topological polar surface area (TPSA) is 46.8 Å². The highest BCUT2D eigenvalue weighted by molar-refractivity contribution is 7.09. The second kappa shape index (κ2) is 7.49. The number of nitrogens with zero attached hydrogens (tertiary/aromatic N) is 5. The Kier molecular flexibility index (Phi) is 4.75. The third-order valence-electron chi connectivity index (χ3n) is 4.15. The number of anilines is 1. The molecule has 0 aliphatic rings. The molecule has 0 bridgehead atoms. The van der Waals surface area contributed by atoms with Crippen LogP contribution < -0.4 is 4.90 Å². The highest BCUT2D eigenvalue weighted by Crippen LogP contribution is 2.24. The Morgan fingerprint density at radius 1 is 1.00 bits per heavy atom. The van der Waals surface area contributed by atoms with Crippen LogP contribution in [0.2, 0.25) is 0 Å². The van der Waals surface area contributed by atoms with Gasteiger partial charge in [-0.05, 0) is 5.56 Å². The molecule has 0 N–H and O–H groups in total. The standard InChI is InChI=1S/C20H19N5S/c1-24(20-22-19(23-26-20)17-10-6-3-7-11-17)15-18-21-12-13-25(18)14-16-8-4-2-5-9-16/h2-13H,14-15H2,1H3. The van der Waals surface area contributed by atoms with Gasteiger partial charge < -0.3 is 9.47 Å². The van der Waals surface area contributed by atoms with Crippen molar-refractivity contribution >= 4 is 16.7 Å². The molecule has 0 fully saturated rings. The summed E-state index contributed by atoms with van der Waals surface area (Å²) < 4.78 is 6.66. The molecule has 0 aliphatic carbocycles. The summed E-state index contributed by atoms with van der Waals surface area (Å²) in [6, 6.07) is 20.5. The van der Waals surface area contributed by atoms with E-state index < -0.39 is 0 Å². The molecule has 0 spiro atoms. The normalized spacial score (nSPS) is 10.8. The van der Waals surface area contributed by atoms with Gasteiger partial charge in [0.25, 0.3) is 0 Å². The van der Waals surface area contributed by atoms with Crippen molar-refractivity contribution in [1.82, 2.24) is 18.9 Å². The highest BCUT2D eigenvalue weighted by atomic mass is 32.1. The maximum Gasteiger partial charge on any atom is 0.205 e. The van der Waals surface area contributed by atoms with Crippen molar-refractivity contribution in [2.75, 3.05) is 11.9 Å². The van der Waals surface area contributed by atoms with Crippen LogP contribution in [0.15, 0.2) is 73.1 Å². The average Bonchev–Trinajstić information content (AvgIpc) is 3.34. The summed E-state index contributed by atoms with van der Waals surface area (Å²) in [5.41, 5.74) is 2.30. The second-order valence-corrected chi connectivity index (χ2v) is 6.81. The van der Waals surface area contributed by atoms with Gasteiger partial charge in [0.15, 0.2) is 5.82 Å². The Balaban J connectivity index is 1.48. The quantitative estimate of drug-likeness (QED) is 0.519. The maximum atomic E-state index is 4.67. The van der Waals surface area contributed by atoms with Crippen LogP contribution in [0.3, 0.4) is 0 Å². The first-order valence-electron chi connectivity index (χ1n) is 8.44. The van der Waals surface area contributed by atoms with Crippen LogP contribution in [0.1, 0.15) is 11.4 Å². The van der Waals surface area contributed by atoms with Crippen molar-refractivity contribution < 1.29 is 0 Å². The average molecular weight is 361 g/mol. The van der Waals surface area contributed by atoms with Crippen LogP contribution in [0, 0.1) is 0 Å². The number of hydrogen-bond donors (Lipinski definition) is 0. The monoisotopic (exact) mass is 361 g/mol. The highest BCUT2D eigenvalue weighted by Gasteiger charge is 2.13. The van der Waals surface area contributed by atoms with Gasteiger partial charge in [0.1, 0.15) is 5.82 Å². The van der Waals surface area contributed by atoms with Crippen molar-refractivity contribution in [3.05, 3.63) is 84.4 Å². The van der Waals surface area contributed by atoms with Crippen molar-refractivity contribution in [2.45, 2.75) is 13.1 Å². The molecule has 0 saturated carbocycles. The summed E-state index contributed by atoms with van der Waals surface area (Å²) in [6.07, 6.45) is 3.87. The van der Waals surface area contributed by atoms with Crippen LogP contribution in [0.4, 0.5) is 5.13 Å². The number of aromatic nitrogens is 4. The molecular weight excluding hydrogens is 342 g/mol. The fraction of sp³-hybridized carbons (Fsp3) is 0.150. The van der Waals surface area contributed by atoms with Crippen molar-refractivity contribution in [3.8, 4) is 11.4 Å². The van der Waals surface area contributed by atoms with Gasteiger partial charge in [-0.1, -0.05) is 60.7 Å². The molecule has 130 valence electrons. The third kappa shape index (κ3) is 3.65. The molecule has 0 amide bonds. The predicted octanol–water partition coefficient (Wildman–Crippen LogP) is 4.09. The summed E-state index contributed by atoms with van der Waals surface area (Å²) >= 11 is 1.41. The van der Waals surface area contributed by atoms with Crippen LogP contribution in [0.5, 0.6) is 0 Å². The minimum atomic E-state index is 0.684. The van der Waals surface area contributed by atoms with Crippen molar-refractivity contribution in [2.24, 2.45) is 0 Å². The lowest BCUT2D eigenvalue weighted by Crippen LogP contribution is -2.19. The molecule has 0 radical (unpaired) electrons. The molecule has 2 heterocycles. The first-order chi connectivity index (χ1) is 12.8. The van der Waals surface area contributed by atoms with E-state index >= 15 is 0 Å². The summed E-state index contributed by atoms with van der Waals surface area (Å²) in [5.74, 6) is 1.78. The van der Waals surface area contributed by atoms with Crippen LogP contribution >= 0.6 is 11.5 Å². The predicted molar refractivity (Wildman–Crippen MR) is 105 cm³/mol. The molecule has 0 unspecified atom stereocenters. The van der Waals surface area contributed by atoms with E-state index in [2.05, 4.69) is 48.1 Å². The minimum Gasteiger partial charge on any atom is -0.342 e. The second-order valence-electron chi connectivity index (χ2n) is 6.08. The van der Waals surface area contributed by atoms with E-state index in [1.807, 2.05) is 55.8 Å². The Bertz CT molecular complexity index is 962. The Labute approximate surface area is 156 Å². The van der Waals surface area contributed by atoms with Gasteiger partial charge in [0, 0.05) is 43.1 Å². The summed E-state index contributed by atoms with van der Waals surface area (Å²) in [6.45, 7) is 1.50. The lowest BCUT2D eigenvalue weighted by Gasteiger charge is -2.16. The first-order valence-corrected chi connectivity index (χ1v) is 9.21. The number of rotatable bonds is 6. The fourth-order valence-electron chi connectivity index (χ4n) is 2.77. The maximum absolute atomic E-state index is 4.67. The number of hydrogen-bond acceptors (Lipinski definition) is 5. The summed E-state index contributed by atoms with van der Waals surface area (Å²) in [7, 11) is 2.02. The van der Waals surface area contributed by atoms with Gasteiger partial charge in [-0.3, -0.25) is 0 Å². The van der Waals surface area contributed by atoms with E-state index in [4.69, 9.17) is 0 Å². The molecule has 0 saturated heterocycles. The van der Waals surface area contributed by atoms with E-state index in [0.29, 0.717) is 6.54 Å². The first kappa shape index (κ1) is 16.5. The van der Waals surface area contributed by atoms with E-state index in [-0.39, 0.29) is 0 Å². The van der Waals surface area contributed by atoms with Crippen molar-refractivity contribution in [1.29, 1.82) is 0 Å². The van der Waals surface area contributed by atoms with Gasteiger partial charge >= 0.3 is 0 Å². The summed E-state index contributed by atoms with van der Waals surface area (Å²) in [5, 5.41) is 0.887. The lowest BCUT2D eigenvalue weighted by molar-refractivity contribution is 0.706. The van der Waals surface area contributed by atoms with E-state index in [1.165, 1.54) is 17.1 Å². The molecular formula is C20H19N5S. The van der Waals surface area contributed by atoms with Crippen LogP contribution in [-0.2, 0) is 13.1 Å². The zero-order chi connectivity index (χ0) is 17.8. The van der Waals surface area contributed by atoms with Gasteiger partial charge in [0.05, 0.1) is 6.54 Å². The van der Waals surface area contributed by atoms with Crippen LogP contribution in [-0.4, -0.2) is 26.0 Å². The molecule has 6 heteroatoms. The Morgan fingerprint density at radius 2 is 1.73 bits per heavy atom. The summed E-state index contributed by atoms with van der Waals surface area (Å²) in [4.78, 5) is 11.3. The molecule has 2 aromatic carbocycles. The van der Waals surface area contributed by atoms with E-state index in [0.717, 1.165) is 28.9 Å². The van der Waals surface area contributed by atoms with E-state index in [1.54, 1.807) is 0 Å². The minimum absolute atomic E-state index is 0.684. The zero-order valence-corrected chi connectivity index (χ0v) is 15.3. The van der Waals surface area contributed by atoms with E-state index in [9.17, 15) is 0 Å². The number of benzene rings is 2. The largest absolute Gasteiger partial charge is 0.342 e. The van der Waals surface area contributed by atoms with Gasteiger partial charge in [-0.25, -0.2) is 4.98 Å². The fourth-order valence-corrected chi connectivity index (χ4v) is 3.42.